The van der Waals surface area contributed by atoms with Crippen LogP contribution in [-0.2, 0) is 0 Å². The maximum atomic E-state index is 12.3. The van der Waals surface area contributed by atoms with E-state index in [1.54, 1.807) is 6.92 Å². The lowest BCUT2D eigenvalue weighted by atomic mass is 9.82. The van der Waals surface area contributed by atoms with Crippen LogP contribution in [0.4, 0.5) is 4.79 Å². The molecule has 1 aromatic carbocycles. The summed E-state index contributed by atoms with van der Waals surface area (Å²) in [6.45, 7) is 2.21. The van der Waals surface area contributed by atoms with E-state index in [1.165, 1.54) is 4.68 Å². The van der Waals surface area contributed by atoms with Gasteiger partial charge in [-0.05, 0) is 60.6 Å². The highest BCUT2D eigenvalue weighted by Crippen LogP contribution is 2.39. The molecule has 128 valence electrons. The summed E-state index contributed by atoms with van der Waals surface area (Å²) < 4.78 is 2.11. The fourth-order valence-corrected chi connectivity index (χ4v) is 3.57. The smallest absolute Gasteiger partial charge is 0.336 e. The lowest BCUT2D eigenvalue weighted by Crippen LogP contribution is -2.38. The molecule has 0 unspecified atom stereocenters. The lowest BCUT2D eigenvalue weighted by molar-refractivity contribution is 0.238. The summed E-state index contributed by atoms with van der Waals surface area (Å²) in [5.74, 6) is 0.393. The number of rotatable bonds is 3. The van der Waals surface area contributed by atoms with Crippen molar-refractivity contribution in [1.82, 2.24) is 25.1 Å². The Morgan fingerprint density at radius 1 is 1.25 bits per heavy atom. The number of carbonyl (C=O) groups is 1. The molecule has 0 spiro atoms. The number of hydrogen-bond donors (Lipinski definition) is 1. The minimum Gasteiger partial charge on any atom is -0.336 e. The predicted molar refractivity (Wildman–Crippen MR) is 90.5 cm³/mol. The molecular formula is C16H20ClN5O2. The van der Waals surface area contributed by atoms with Gasteiger partial charge in [0.15, 0.2) is 0 Å². The van der Waals surface area contributed by atoms with Gasteiger partial charge in [-0.3, -0.25) is 0 Å². The van der Waals surface area contributed by atoms with Gasteiger partial charge in [0.2, 0.25) is 0 Å². The zero-order valence-electron chi connectivity index (χ0n) is 13.5. The Hall–Kier alpha value is -2.15. The van der Waals surface area contributed by atoms with Gasteiger partial charge in [-0.15, -0.1) is 4.68 Å². The van der Waals surface area contributed by atoms with Crippen molar-refractivity contribution in [3.8, 4) is 0 Å². The molecule has 1 aliphatic carbocycles. The summed E-state index contributed by atoms with van der Waals surface area (Å²) in [5.41, 5.74) is 0.679. The largest absolute Gasteiger partial charge is 0.372 e. The van der Waals surface area contributed by atoms with Gasteiger partial charge in [0, 0.05) is 11.6 Å². The van der Waals surface area contributed by atoms with Crippen LogP contribution in [0.2, 0.25) is 5.02 Å². The molecule has 1 N–H and O–H groups in total. The first-order valence-corrected chi connectivity index (χ1v) is 8.56. The summed E-state index contributed by atoms with van der Waals surface area (Å²) in [6.07, 6.45) is 3.47. The zero-order valence-corrected chi connectivity index (χ0v) is 14.2. The highest BCUT2D eigenvalue weighted by molar-refractivity contribution is 6.31. The van der Waals surface area contributed by atoms with Crippen LogP contribution < -0.4 is 11.0 Å². The van der Waals surface area contributed by atoms with E-state index in [1.807, 2.05) is 18.2 Å². The number of carbonyl (C=O) groups excluding carboxylic acids is 1. The Balaban J connectivity index is 1.70. The lowest BCUT2D eigenvalue weighted by Gasteiger charge is -2.28. The van der Waals surface area contributed by atoms with Crippen molar-refractivity contribution in [2.75, 3.05) is 6.54 Å². The monoisotopic (exact) mass is 349 g/mol. The van der Waals surface area contributed by atoms with Gasteiger partial charge >= 0.3 is 11.7 Å². The third-order valence-corrected chi connectivity index (χ3v) is 4.86. The standard InChI is InChI=1S/C16H20ClN5O2/c1-2-18-15(23)22-16(24)21(19-20-22)12-9-7-11(8-10-12)13-5-3-4-6-14(13)17/h3-6,11-12H,2,7-10H2,1H3,(H,18,23). The average Bonchev–Trinajstić information content (AvgIpc) is 2.97. The van der Waals surface area contributed by atoms with Crippen LogP contribution in [0.25, 0.3) is 0 Å². The normalized spacial score (nSPS) is 20.8. The summed E-state index contributed by atoms with van der Waals surface area (Å²) in [4.78, 5) is 24.1. The van der Waals surface area contributed by atoms with Crippen LogP contribution in [0.3, 0.4) is 0 Å². The number of nitrogens with one attached hydrogen (secondary N) is 1. The average molecular weight is 350 g/mol. The molecule has 0 radical (unpaired) electrons. The van der Waals surface area contributed by atoms with Crippen molar-refractivity contribution in [1.29, 1.82) is 0 Å². The van der Waals surface area contributed by atoms with Crippen molar-refractivity contribution in [3.63, 3.8) is 0 Å². The Kier molecular flexibility index (Phi) is 4.99. The molecular weight excluding hydrogens is 330 g/mol. The second kappa shape index (κ2) is 7.17. The van der Waals surface area contributed by atoms with Crippen LogP contribution in [0.15, 0.2) is 29.1 Å². The van der Waals surface area contributed by atoms with Gasteiger partial charge in [-0.2, -0.15) is 4.68 Å². The zero-order chi connectivity index (χ0) is 17.1. The molecule has 1 saturated carbocycles. The third kappa shape index (κ3) is 3.21. The fraction of sp³-hybridized carbons (Fsp3) is 0.500. The summed E-state index contributed by atoms with van der Waals surface area (Å²) in [6, 6.07) is 7.32. The topological polar surface area (TPSA) is 81.8 Å². The minimum atomic E-state index is -0.543. The first-order chi connectivity index (χ1) is 11.6. The van der Waals surface area contributed by atoms with Crippen molar-refractivity contribution < 1.29 is 4.79 Å². The van der Waals surface area contributed by atoms with Crippen molar-refractivity contribution in [2.45, 2.75) is 44.6 Å². The van der Waals surface area contributed by atoms with Crippen molar-refractivity contribution >= 4 is 17.6 Å². The van der Waals surface area contributed by atoms with Gasteiger partial charge in [-0.25, -0.2) is 9.59 Å². The van der Waals surface area contributed by atoms with Gasteiger partial charge in [-0.1, -0.05) is 29.8 Å². The molecule has 7 nitrogen and oxygen atoms in total. The summed E-state index contributed by atoms with van der Waals surface area (Å²) >= 11 is 6.28. The third-order valence-electron chi connectivity index (χ3n) is 4.51. The van der Waals surface area contributed by atoms with E-state index in [9.17, 15) is 9.59 Å². The van der Waals surface area contributed by atoms with Crippen LogP contribution in [0.5, 0.6) is 0 Å². The van der Waals surface area contributed by atoms with E-state index in [2.05, 4.69) is 21.8 Å². The number of tetrazole rings is 1. The summed E-state index contributed by atoms with van der Waals surface area (Å²) in [7, 11) is 0. The van der Waals surface area contributed by atoms with E-state index in [0.29, 0.717) is 12.5 Å². The molecule has 0 saturated heterocycles. The van der Waals surface area contributed by atoms with Crippen molar-refractivity contribution in [2.24, 2.45) is 0 Å². The Morgan fingerprint density at radius 2 is 1.96 bits per heavy atom. The SMILES string of the molecule is CCNC(=O)n1nnn(C2CCC(c3ccccc3Cl)CC2)c1=O. The predicted octanol–water partition coefficient (Wildman–Crippen LogP) is 2.57. The van der Waals surface area contributed by atoms with Gasteiger partial charge in [0.25, 0.3) is 0 Å². The molecule has 8 heteroatoms. The number of halogens is 1. The fourth-order valence-electron chi connectivity index (χ4n) is 3.28. The van der Waals surface area contributed by atoms with E-state index in [-0.39, 0.29) is 6.04 Å². The van der Waals surface area contributed by atoms with Crippen LogP contribution in [0.1, 0.15) is 50.1 Å². The number of amides is 1. The summed E-state index contributed by atoms with van der Waals surface area (Å²) in [5, 5.41) is 10.9. The Bertz CT molecular complexity index is 777. The molecule has 2 aromatic rings. The molecule has 1 amide bonds. The molecule has 1 aliphatic rings. The van der Waals surface area contributed by atoms with E-state index >= 15 is 0 Å². The number of benzene rings is 1. The number of nitrogens with zero attached hydrogens (tertiary/aromatic N) is 4. The second-order valence-corrected chi connectivity index (χ2v) is 6.39. The first kappa shape index (κ1) is 16.7. The van der Waals surface area contributed by atoms with Gasteiger partial charge in [0.1, 0.15) is 0 Å². The van der Waals surface area contributed by atoms with Crippen LogP contribution in [0, 0.1) is 0 Å². The minimum absolute atomic E-state index is 0.0283. The molecule has 0 aliphatic heterocycles. The van der Waals surface area contributed by atoms with Crippen LogP contribution >= 0.6 is 11.6 Å². The molecule has 1 heterocycles. The van der Waals surface area contributed by atoms with E-state index in [4.69, 9.17) is 11.6 Å². The molecule has 0 bridgehead atoms. The first-order valence-electron chi connectivity index (χ1n) is 8.19. The maximum absolute atomic E-state index is 12.3. The van der Waals surface area contributed by atoms with Crippen molar-refractivity contribution in [3.05, 3.63) is 45.3 Å². The number of hydrogen-bond acceptors (Lipinski definition) is 4. The highest BCUT2D eigenvalue weighted by Gasteiger charge is 2.27. The highest BCUT2D eigenvalue weighted by atomic mass is 35.5. The molecule has 1 aromatic heterocycles. The van der Waals surface area contributed by atoms with E-state index < -0.39 is 11.7 Å². The Morgan fingerprint density at radius 3 is 2.62 bits per heavy atom. The van der Waals surface area contributed by atoms with Gasteiger partial charge < -0.3 is 5.32 Å². The van der Waals surface area contributed by atoms with Gasteiger partial charge in [0.05, 0.1) is 6.04 Å². The van der Waals surface area contributed by atoms with Crippen LogP contribution in [-0.4, -0.2) is 32.4 Å². The quantitative estimate of drug-likeness (QED) is 0.863. The molecule has 1 fully saturated rings. The maximum Gasteiger partial charge on any atom is 0.372 e. The molecule has 0 atom stereocenters. The second-order valence-electron chi connectivity index (χ2n) is 5.98. The molecule has 3 rings (SSSR count). The molecule has 24 heavy (non-hydrogen) atoms. The number of aromatic nitrogens is 4. The Labute approximate surface area is 144 Å². The van der Waals surface area contributed by atoms with E-state index in [0.717, 1.165) is 41.0 Å².